The molecule has 3 nitrogen and oxygen atoms in total. The van der Waals surface area contributed by atoms with E-state index in [1.54, 1.807) is 24.3 Å². The van der Waals surface area contributed by atoms with E-state index in [2.05, 4.69) is 10.2 Å². The summed E-state index contributed by atoms with van der Waals surface area (Å²) in [6, 6.07) is 6.61. The highest BCUT2D eigenvalue weighted by Crippen LogP contribution is 2.25. The summed E-state index contributed by atoms with van der Waals surface area (Å²) in [5.74, 6) is -1.41. The van der Waals surface area contributed by atoms with E-state index >= 15 is 0 Å². The van der Waals surface area contributed by atoms with E-state index in [4.69, 9.17) is 11.6 Å². The highest BCUT2D eigenvalue weighted by Gasteiger charge is 2.23. The van der Waals surface area contributed by atoms with Crippen molar-refractivity contribution in [3.05, 3.63) is 35.0 Å². The molecule has 0 amide bonds. The number of hydrogen-bond donors (Lipinski definition) is 0. The van der Waals surface area contributed by atoms with E-state index in [0.717, 1.165) is 0 Å². The number of Topliss-reactive ketones (excluding diaryl/α,β-unsaturated/α-hetero) is 1. The zero-order valence-corrected chi connectivity index (χ0v) is 8.58. The second-order valence-corrected chi connectivity index (χ2v) is 3.42. The van der Waals surface area contributed by atoms with E-state index in [9.17, 15) is 13.6 Å². The van der Waals surface area contributed by atoms with Crippen LogP contribution in [0.25, 0.3) is 10.9 Å². The quantitative estimate of drug-likeness (QED) is 0.761. The zero-order chi connectivity index (χ0) is 11.7. The van der Waals surface area contributed by atoms with Gasteiger partial charge in [0.05, 0.1) is 10.5 Å². The SMILES string of the molecule is O=C(c1nnc2ccccc2c1Cl)C(F)F. The smallest absolute Gasteiger partial charge is 0.286 e. The summed E-state index contributed by atoms with van der Waals surface area (Å²) in [5.41, 5.74) is -0.0336. The molecule has 0 fully saturated rings. The Labute approximate surface area is 94.0 Å². The number of nitrogens with zero attached hydrogens (tertiary/aromatic N) is 2. The predicted molar refractivity (Wildman–Crippen MR) is 54.9 cm³/mol. The third kappa shape index (κ3) is 1.74. The Morgan fingerprint density at radius 2 is 1.94 bits per heavy atom. The first-order chi connectivity index (χ1) is 7.61. The topological polar surface area (TPSA) is 42.9 Å². The number of alkyl halides is 2. The molecule has 0 radical (unpaired) electrons. The molecule has 0 aliphatic rings. The fourth-order valence-corrected chi connectivity index (χ4v) is 1.57. The van der Waals surface area contributed by atoms with Crippen LogP contribution in [0.3, 0.4) is 0 Å². The number of fused-ring (bicyclic) bond motifs is 1. The molecule has 1 heterocycles. The lowest BCUT2D eigenvalue weighted by Crippen LogP contribution is -2.13. The third-order valence-corrected chi connectivity index (χ3v) is 2.42. The molecule has 0 bridgehead atoms. The highest BCUT2D eigenvalue weighted by molar-refractivity contribution is 6.38. The van der Waals surface area contributed by atoms with Crippen molar-refractivity contribution in [2.24, 2.45) is 0 Å². The summed E-state index contributed by atoms with van der Waals surface area (Å²) in [4.78, 5) is 11.1. The first-order valence-corrected chi connectivity index (χ1v) is 4.72. The standard InChI is InChI=1S/C10H5ClF2N2O/c11-7-5-3-1-2-4-6(5)14-15-8(7)9(16)10(12)13/h1-4,10H. The van der Waals surface area contributed by atoms with Crippen LogP contribution in [0.2, 0.25) is 5.02 Å². The maximum absolute atomic E-state index is 12.2. The number of rotatable bonds is 2. The van der Waals surface area contributed by atoms with Gasteiger partial charge in [-0.3, -0.25) is 4.79 Å². The monoisotopic (exact) mass is 242 g/mol. The van der Waals surface area contributed by atoms with Crippen molar-refractivity contribution in [1.82, 2.24) is 10.2 Å². The second kappa shape index (κ2) is 4.09. The fraction of sp³-hybridized carbons (Fsp3) is 0.100. The van der Waals surface area contributed by atoms with Crippen LogP contribution in [0, 0.1) is 0 Å². The molecule has 1 aromatic carbocycles. The van der Waals surface area contributed by atoms with Gasteiger partial charge in [-0.2, -0.15) is 0 Å². The average molecular weight is 243 g/mol. The summed E-state index contributed by atoms with van der Waals surface area (Å²) < 4.78 is 24.4. The van der Waals surface area contributed by atoms with Gasteiger partial charge in [0.2, 0.25) is 0 Å². The van der Waals surface area contributed by atoms with Gasteiger partial charge in [0.1, 0.15) is 0 Å². The van der Waals surface area contributed by atoms with Gasteiger partial charge >= 0.3 is 6.43 Å². The summed E-state index contributed by atoms with van der Waals surface area (Å²) in [7, 11) is 0. The molecule has 2 rings (SSSR count). The van der Waals surface area contributed by atoms with Crippen molar-refractivity contribution >= 4 is 28.3 Å². The molecule has 0 atom stereocenters. The first kappa shape index (κ1) is 10.9. The average Bonchev–Trinajstić information content (AvgIpc) is 2.29. The molecule has 0 saturated carbocycles. The zero-order valence-electron chi connectivity index (χ0n) is 7.82. The summed E-state index contributed by atoms with van der Waals surface area (Å²) >= 11 is 5.82. The number of carbonyl (C=O) groups is 1. The first-order valence-electron chi connectivity index (χ1n) is 4.34. The molecule has 1 aromatic heterocycles. The number of benzene rings is 1. The van der Waals surface area contributed by atoms with Gasteiger partial charge in [0.15, 0.2) is 5.69 Å². The van der Waals surface area contributed by atoms with E-state index < -0.39 is 17.9 Å². The molecule has 0 saturated heterocycles. The van der Waals surface area contributed by atoms with Gasteiger partial charge in [0, 0.05) is 5.39 Å². The van der Waals surface area contributed by atoms with Gasteiger partial charge in [-0.1, -0.05) is 29.8 Å². The van der Waals surface area contributed by atoms with Crippen LogP contribution in [0.1, 0.15) is 10.5 Å². The Morgan fingerprint density at radius 1 is 1.25 bits per heavy atom. The van der Waals surface area contributed by atoms with Crippen molar-refractivity contribution in [2.75, 3.05) is 0 Å². The van der Waals surface area contributed by atoms with Gasteiger partial charge in [0.25, 0.3) is 5.78 Å². The molecular formula is C10H5ClF2N2O. The van der Waals surface area contributed by atoms with Crippen LogP contribution in [0.15, 0.2) is 24.3 Å². The molecule has 0 unspecified atom stereocenters. The van der Waals surface area contributed by atoms with Crippen molar-refractivity contribution in [1.29, 1.82) is 0 Å². The van der Waals surface area contributed by atoms with Crippen LogP contribution in [-0.4, -0.2) is 22.4 Å². The van der Waals surface area contributed by atoms with Gasteiger partial charge < -0.3 is 0 Å². The lowest BCUT2D eigenvalue weighted by molar-refractivity contribution is 0.0672. The van der Waals surface area contributed by atoms with E-state index in [1.807, 2.05) is 0 Å². The number of carbonyl (C=O) groups excluding carboxylic acids is 1. The maximum atomic E-state index is 12.2. The Morgan fingerprint density at radius 3 is 2.62 bits per heavy atom. The summed E-state index contributed by atoms with van der Waals surface area (Å²) in [6.45, 7) is 0. The van der Waals surface area contributed by atoms with E-state index in [0.29, 0.717) is 10.9 Å². The molecule has 82 valence electrons. The minimum Gasteiger partial charge on any atom is -0.286 e. The van der Waals surface area contributed by atoms with E-state index in [1.165, 1.54) is 0 Å². The van der Waals surface area contributed by atoms with Crippen molar-refractivity contribution in [3.63, 3.8) is 0 Å². The summed E-state index contributed by atoms with van der Waals surface area (Å²) in [5, 5.41) is 7.42. The van der Waals surface area contributed by atoms with Gasteiger partial charge in [-0.25, -0.2) is 8.78 Å². The molecule has 0 spiro atoms. The Kier molecular flexibility index (Phi) is 2.78. The maximum Gasteiger partial charge on any atom is 0.302 e. The van der Waals surface area contributed by atoms with Gasteiger partial charge in [-0.15, -0.1) is 10.2 Å². The molecule has 0 aliphatic carbocycles. The fourth-order valence-electron chi connectivity index (χ4n) is 1.28. The predicted octanol–water partition coefficient (Wildman–Crippen LogP) is 2.73. The highest BCUT2D eigenvalue weighted by atomic mass is 35.5. The van der Waals surface area contributed by atoms with Crippen molar-refractivity contribution in [3.8, 4) is 0 Å². The largest absolute Gasteiger partial charge is 0.302 e. The van der Waals surface area contributed by atoms with E-state index in [-0.39, 0.29) is 5.02 Å². The Bertz CT molecular complexity index is 560. The van der Waals surface area contributed by atoms with Crippen LogP contribution >= 0.6 is 11.6 Å². The van der Waals surface area contributed by atoms with Crippen LogP contribution in [0.5, 0.6) is 0 Å². The second-order valence-electron chi connectivity index (χ2n) is 3.04. The molecule has 2 aromatic rings. The van der Waals surface area contributed by atoms with Gasteiger partial charge in [-0.05, 0) is 6.07 Å². The molecule has 0 N–H and O–H groups in total. The Hall–Kier alpha value is -1.62. The van der Waals surface area contributed by atoms with Crippen LogP contribution < -0.4 is 0 Å². The van der Waals surface area contributed by atoms with Crippen molar-refractivity contribution in [2.45, 2.75) is 6.43 Å². The molecule has 0 aliphatic heterocycles. The van der Waals surface area contributed by atoms with Crippen LogP contribution in [-0.2, 0) is 0 Å². The number of aromatic nitrogens is 2. The lowest BCUT2D eigenvalue weighted by Gasteiger charge is -2.03. The number of hydrogen-bond acceptors (Lipinski definition) is 3. The molecular weight excluding hydrogens is 238 g/mol. The molecule has 6 heteroatoms. The molecule has 16 heavy (non-hydrogen) atoms. The number of ketones is 1. The minimum absolute atomic E-state index is 0.0871. The van der Waals surface area contributed by atoms with Crippen molar-refractivity contribution < 1.29 is 13.6 Å². The lowest BCUT2D eigenvalue weighted by atomic mass is 10.2. The number of halogens is 3. The summed E-state index contributed by atoms with van der Waals surface area (Å²) in [6.07, 6.45) is -3.13. The normalized spacial score (nSPS) is 11.0. The minimum atomic E-state index is -3.13. The third-order valence-electron chi connectivity index (χ3n) is 2.04. The Balaban J connectivity index is 2.65. The van der Waals surface area contributed by atoms with Crippen LogP contribution in [0.4, 0.5) is 8.78 Å².